The number of ether oxygens (including phenoxy) is 3. The Morgan fingerprint density at radius 1 is 1.08 bits per heavy atom. The van der Waals surface area contributed by atoms with Gasteiger partial charge in [0.1, 0.15) is 18.5 Å². The quantitative estimate of drug-likeness (QED) is 0.681. The molecule has 0 radical (unpaired) electrons. The van der Waals surface area contributed by atoms with Crippen LogP contribution in [0, 0.1) is 0 Å². The second-order valence-corrected chi connectivity index (χ2v) is 5.50. The first-order valence-corrected chi connectivity index (χ1v) is 7.91. The monoisotopic (exact) mass is 345 g/mol. The van der Waals surface area contributed by atoms with Gasteiger partial charge in [-0.15, -0.1) is 0 Å². The van der Waals surface area contributed by atoms with Crippen LogP contribution in [0.1, 0.15) is 17.3 Å². The average molecular weight is 345 g/mol. The molecule has 0 fully saturated rings. The van der Waals surface area contributed by atoms with E-state index in [1.807, 2.05) is 24.3 Å². The van der Waals surface area contributed by atoms with E-state index in [9.17, 15) is 9.90 Å². The molecule has 0 amide bonds. The minimum atomic E-state index is -0.709. The summed E-state index contributed by atoms with van der Waals surface area (Å²) in [4.78, 5) is 11.4. The molecular formula is C19H23NO5. The number of ketones is 1. The van der Waals surface area contributed by atoms with Crippen LogP contribution >= 0.6 is 0 Å². The number of methoxy groups -OCH3 is 2. The molecule has 2 aromatic rings. The molecule has 0 aromatic heterocycles. The number of rotatable bonds is 9. The number of aliphatic hydroxyl groups is 1. The molecule has 0 bridgehead atoms. The van der Waals surface area contributed by atoms with E-state index in [1.165, 1.54) is 14.0 Å². The molecule has 0 aliphatic carbocycles. The maximum atomic E-state index is 11.4. The van der Waals surface area contributed by atoms with Gasteiger partial charge in [0.05, 0.1) is 14.2 Å². The van der Waals surface area contributed by atoms with Crippen LogP contribution in [0.4, 0.5) is 5.69 Å². The van der Waals surface area contributed by atoms with Crippen molar-refractivity contribution in [2.75, 3.05) is 32.7 Å². The van der Waals surface area contributed by atoms with Gasteiger partial charge in [-0.25, -0.2) is 0 Å². The third-order valence-electron chi connectivity index (χ3n) is 3.63. The van der Waals surface area contributed by atoms with Crippen LogP contribution in [0.3, 0.4) is 0 Å². The van der Waals surface area contributed by atoms with E-state index in [2.05, 4.69) is 5.32 Å². The standard InChI is InChI=1S/C19H23NO5/c1-13(21)14-4-9-18(19(10-14)24-3)25-12-16(22)11-20-15-5-7-17(23-2)8-6-15/h4-10,16,20,22H,11-12H2,1-3H3/t16-/m0/s1. The van der Waals surface area contributed by atoms with Crippen LogP contribution in [0.5, 0.6) is 17.2 Å². The molecule has 6 nitrogen and oxygen atoms in total. The SMILES string of the molecule is COc1ccc(NC[C@H](O)COc2ccc(C(C)=O)cc2OC)cc1. The lowest BCUT2D eigenvalue weighted by Gasteiger charge is -2.16. The summed E-state index contributed by atoms with van der Waals surface area (Å²) in [6, 6.07) is 12.4. The number of nitrogens with one attached hydrogen (secondary N) is 1. The summed E-state index contributed by atoms with van der Waals surface area (Å²) in [6.45, 7) is 1.92. The lowest BCUT2D eigenvalue weighted by Crippen LogP contribution is -2.26. The number of carbonyl (C=O) groups excluding carboxylic acids is 1. The maximum Gasteiger partial charge on any atom is 0.161 e. The molecule has 2 aromatic carbocycles. The molecule has 0 saturated heterocycles. The van der Waals surface area contributed by atoms with Crippen molar-refractivity contribution in [2.45, 2.75) is 13.0 Å². The molecule has 0 saturated carbocycles. The van der Waals surface area contributed by atoms with Gasteiger partial charge >= 0.3 is 0 Å². The van der Waals surface area contributed by atoms with E-state index in [0.717, 1.165) is 11.4 Å². The highest BCUT2D eigenvalue weighted by Crippen LogP contribution is 2.28. The Labute approximate surface area is 147 Å². The van der Waals surface area contributed by atoms with Gasteiger partial charge in [-0.05, 0) is 49.4 Å². The van der Waals surface area contributed by atoms with Gasteiger partial charge in [0.25, 0.3) is 0 Å². The first-order chi connectivity index (χ1) is 12.0. The molecule has 25 heavy (non-hydrogen) atoms. The van der Waals surface area contributed by atoms with Gasteiger partial charge in [0.2, 0.25) is 0 Å². The highest BCUT2D eigenvalue weighted by Gasteiger charge is 2.11. The largest absolute Gasteiger partial charge is 0.497 e. The highest BCUT2D eigenvalue weighted by atomic mass is 16.5. The van der Waals surface area contributed by atoms with Crippen LogP contribution in [-0.2, 0) is 0 Å². The van der Waals surface area contributed by atoms with Crippen molar-refractivity contribution in [1.29, 1.82) is 0 Å². The Morgan fingerprint density at radius 2 is 1.80 bits per heavy atom. The van der Waals surface area contributed by atoms with Crippen LogP contribution in [0.2, 0.25) is 0 Å². The third kappa shape index (κ3) is 5.39. The van der Waals surface area contributed by atoms with Crippen molar-refractivity contribution in [3.05, 3.63) is 48.0 Å². The number of hydrogen-bond donors (Lipinski definition) is 2. The molecule has 134 valence electrons. The Balaban J connectivity index is 1.86. The van der Waals surface area contributed by atoms with Crippen molar-refractivity contribution in [3.63, 3.8) is 0 Å². The highest BCUT2D eigenvalue weighted by molar-refractivity contribution is 5.94. The summed E-state index contributed by atoms with van der Waals surface area (Å²) in [5.74, 6) is 1.67. The maximum absolute atomic E-state index is 11.4. The summed E-state index contributed by atoms with van der Waals surface area (Å²) >= 11 is 0. The fourth-order valence-corrected chi connectivity index (χ4v) is 2.20. The first-order valence-electron chi connectivity index (χ1n) is 7.91. The lowest BCUT2D eigenvalue weighted by molar-refractivity contribution is 0.101. The predicted octanol–water partition coefficient (Wildman–Crippen LogP) is 2.76. The van der Waals surface area contributed by atoms with Gasteiger partial charge in [-0.3, -0.25) is 4.79 Å². The van der Waals surface area contributed by atoms with Gasteiger partial charge < -0.3 is 24.6 Å². The Bertz CT molecular complexity index is 699. The third-order valence-corrected chi connectivity index (χ3v) is 3.63. The molecule has 0 aliphatic rings. The fraction of sp³-hybridized carbons (Fsp3) is 0.316. The molecule has 0 aliphatic heterocycles. The van der Waals surface area contributed by atoms with Crippen molar-refractivity contribution in [1.82, 2.24) is 0 Å². The average Bonchev–Trinajstić information content (AvgIpc) is 2.64. The topological polar surface area (TPSA) is 77.0 Å². The van der Waals surface area contributed by atoms with Crippen LogP contribution < -0.4 is 19.5 Å². The number of Topliss-reactive ketones (excluding diaryl/α,β-unsaturated/α-hetero) is 1. The molecule has 1 atom stereocenters. The number of carbonyl (C=O) groups is 1. The smallest absolute Gasteiger partial charge is 0.161 e. The molecule has 2 N–H and O–H groups in total. The second kappa shape index (κ2) is 8.94. The summed E-state index contributed by atoms with van der Waals surface area (Å²) < 4.78 is 15.9. The number of hydrogen-bond acceptors (Lipinski definition) is 6. The molecule has 0 unspecified atom stereocenters. The van der Waals surface area contributed by atoms with E-state index < -0.39 is 6.10 Å². The Hall–Kier alpha value is -2.73. The van der Waals surface area contributed by atoms with Crippen molar-refractivity contribution >= 4 is 11.5 Å². The van der Waals surface area contributed by atoms with Crippen molar-refractivity contribution in [3.8, 4) is 17.2 Å². The first kappa shape index (κ1) is 18.6. The second-order valence-electron chi connectivity index (χ2n) is 5.50. The van der Waals surface area contributed by atoms with Crippen LogP contribution in [0.25, 0.3) is 0 Å². The normalized spacial score (nSPS) is 11.5. The summed E-state index contributed by atoms with van der Waals surface area (Å²) in [6.07, 6.45) is -0.709. The van der Waals surface area contributed by atoms with E-state index in [4.69, 9.17) is 14.2 Å². The van der Waals surface area contributed by atoms with Crippen LogP contribution in [-0.4, -0.2) is 44.4 Å². The van der Waals surface area contributed by atoms with Crippen molar-refractivity contribution in [2.24, 2.45) is 0 Å². The zero-order valence-corrected chi connectivity index (χ0v) is 14.6. The molecule has 6 heteroatoms. The van der Waals surface area contributed by atoms with E-state index in [0.29, 0.717) is 23.6 Å². The lowest BCUT2D eigenvalue weighted by atomic mass is 10.1. The van der Waals surface area contributed by atoms with Crippen LogP contribution in [0.15, 0.2) is 42.5 Å². The number of benzene rings is 2. The van der Waals surface area contributed by atoms with Gasteiger partial charge in [-0.1, -0.05) is 0 Å². The van der Waals surface area contributed by atoms with Gasteiger partial charge in [-0.2, -0.15) is 0 Å². The fourth-order valence-electron chi connectivity index (χ4n) is 2.20. The minimum Gasteiger partial charge on any atom is -0.497 e. The van der Waals surface area contributed by atoms with E-state index in [1.54, 1.807) is 25.3 Å². The summed E-state index contributed by atoms with van der Waals surface area (Å²) in [5, 5.41) is 13.2. The van der Waals surface area contributed by atoms with E-state index in [-0.39, 0.29) is 12.4 Å². The number of aliphatic hydroxyl groups excluding tert-OH is 1. The predicted molar refractivity (Wildman–Crippen MR) is 96.0 cm³/mol. The minimum absolute atomic E-state index is 0.0476. The molecule has 0 heterocycles. The Kier molecular flexibility index (Phi) is 6.65. The molecule has 0 spiro atoms. The summed E-state index contributed by atoms with van der Waals surface area (Å²) in [5.41, 5.74) is 1.43. The molecule has 2 rings (SSSR count). The van der Waals surface area contributed by atoms with E-state index >= 15 is 0 Å². The molecular weight excluding hydrogens is 322 g/mol. The summed E-state index contributed by atoms with van der Waals surface area (Å²) in [7, 11) is 3.12. The van der Waals surface area contributed by atoms with Crippen molar-refractivity contribution < 1.29 is 24.1 Å². The zero-order valence-electron chi connectivity index (χ0n) is 14.6. The van der Waals surface area contributed by atoms with Gasteiger partial charge in [0.15, 0.2) is 17.3 Å². The number of anilines is 1. The van der Waals surface area contributed by atoms with Gasteiger partial charge in [0, 0.05) is 17.8 Å². The zero-order chi connectivity index (χ0) is 18.2. The Morgan fingerprint density at radius 3 is 2.40 bits per heavy atom.